The molecule has 2 saturated heterocycles. The first-order valence-electron chi connectivity index (χ1n) is 5.79. The number of ether oxygens (including phenoxy) is 1. The smallest absolute Gasteiger partial charge is 0.0628 e. The molecule has 3 fully saturated rings. The molecule has 0 aromatic rings. The van der Waals surface area contributed by atoms with Crippen LogP contribution in [0.1, 0.15) is 32.1 Å². The van der Waals surface area contributed by atoms with Crippen molar-refractivity contribution < 1.29 is 4.74 Å². The summed E-state index contributed by atoms with van der Waals surface area (Å²) in [5.41, 5.74) is 0. The standard InChI is InChI=1S/C11H19NO/c1-2-10(3-1)12-6-4-11-9(8-12)5-7-13-11/h9-11H,1-8H2/t9-,11-/m0/s1. The van der Waals surface area contributed by atoms with Gasteiger partial charge < -0.3 is 4.74 Å². The Morgan fingerprint density at radius 2 is 2.00 bits per heavy atom. The van der Waals surface area contributed by atoms with Crippen LogP contribution in [0.3, 0.4) is 0 Å². The molecule has 0 aromatic heterocycles. The van der Waals surface area contributed by atoms with Crippen LogP contribution in [0, 0.1) is 5.92 Å². The molecule has 2 nitrogen and oxygen atoms in total. The zero-order valence-electron chi connectivity index (χ0n) is 8.24. The molecule has 0 aromatic carbocycles. The molecule has 2 atom stereocenters. The molecule has 13 heavy (non-hydrogen) atoms. The van der Waals surface area contributed by atoms with Crippen LogP contribution in [-0.2, 0) is 4.74 Å². The van der Waals surface area contributed by atoms with Gasteiger partial charge in [-0.15, -0.1) is 0 Å². The summed E-state index contributed by atoms with van der Waals surface area (Å²) in [4.78, 5) is 2.72. The van der Waals surface area contributed by atoms with E-state index >= 15 is 0 Å². The summed E-state index contributed by atoms with van der Waals surface area (Å²) in [6.45, 7) is 3.65. The van der Waals surface area contributed by atoms with Gasteiger partial charge in [0.25, 0.3) is 0 Å². The second-order valence-electron chi connectivity index (χ2n) is 4.83. The van der Waals surface area contributed by atoms with Crippen LogP contribution in [-0.4, -0.2) is 36.7 Å². The molecule has 0 radical (unpaired) electrons. The molecule has 2 aliphatic heterocycles. The Morgan fingerprint density at radius 3 is 2.77 bits per heavy atom. The molecule has 2 heterocycles. The van der Waals surface area contributed by atoms with Gasteiger partial charge in [-0.1, -0.05) is 6.42 Å². The third kappa shape index (κ3) is 1.40. The molecule has 0 amide bonds. The summed E-state index contributed by atoms with van der Waals surface area (Å²) in [7, 11) is 0. The maximum Gasteiger partial charge on any atom is 0.0628 e. The van der Waals surface area contributed by atoms with Gasteiger partial charge in [0.1, 0.15) is 0 Å². The number of nitrogens with zero attached hydrogens (tertiary/aromatic N) is 1. The Balaban J connectivity index is 1.60. The van der Waals surface area contributed by atoms with E-state index in [1.807, 2.05) is 0 Å². The molecule has 1 aliphatic carbocycles. The number of hydrogen-bond donors (Lipinski definition) is 0. The van der Waals surface area contributed by atoms with Gasteiger partial charge in [-0.3, -0.25) is 4.90 Å². The first-order valence-corrected chi connectivity index (χ1v) is 5.79. The van der Waals surface area contributed by atoms with Crippen molar-refractivity contribution in [1.82, 2.24) is 4.90 Å². The van der Waals surface area contributed by atoms with Gasteiger partial charge in [0.15, 0.2) is 0 Å². The molecule has 1 saturated carbocycles. The normalized spacial score (nSPS) is 41.5. The summed E-state index contributed by atoms with van der Waals surface area (Å²) < 4.78 is 5.71. The van der Waals surface area contributed by atoms with Crippen molar-refractivity contribution in [3.8, 4) is 0 Å². The van der Waals surface area contributed by atoms with Gasteiger partial charge >= 0.3 is 0 Å². The van der Waals surface area contributed by atoms with Crippen molar-refractivity contribution in [3.63, 3.8) is 0 Å². The second kappa shape index (κ2) is 3.25. The number of hydrogen-bond acceptors (Lipinski definition) is 2. The van der Waals surface area contributed by atoms with Gasteiger partial charge in [0.05, 0.1) is 6.10 Å². The number of piperidine rings is 1. The van der Waals surface area contributed by atoms with E-state index in [9.17, 15) is 0 Å². The van der Waals surface area contributed by atoms with Gasteiger partial charge in [-0.05, 0) is 25.7 Å². The highest BCUT2D eigenvalue weighted by Gasteiger charge is 2.37. The van der Waals surface area contributed by atoms with E-state index in [1.165, 1.54) is 45.2 Å². The molecular formula is C11H19NO. The maximum atomic E-state index is 5.71. The fourth-order valence-electron chi connectivity index (χ4n) is 2.99. The Labute approximate surface area is 80.2 Å². The summed E-state index contributed by atoms with van der Waals surface area (Å²) >= 11 is 0. The predicted molar refractivity (Wildman–Crippen MR) is 51.7 cm³/mol. The summed E-state index contributed by atoms with van der Waals surface area (Å²) in [5.74, 6) is 0.870. The third-order valence-electron chi connectivity index (χ3n) is 4.11. The first kappa shape index (κ1) is 8.25. The lowest BCUT2D eigenvalue weighted by Crippen LogP contribution is -2.48. The number of likely N-dealkylation sites (tertiary alicyclic amines) is 1. The number of rotatable bonds is 1. The van der Waals surface area contributed by atoms with E-state index in [4.69, 9.17) is 4.74 Å². The van der Waals surface area contributed by atoms with Crippen LogP contribution in [0.15, 0.2) is 0 Å². The first-order chi connectivity index (χ1) is 6.43. The maximum absolute atomic E-state index is 5.71. The van der Waals surface area contributed by atoms with E-state index in [1.54, 1.807) is 0 Å². The van der Waals surface area contributed by atoms with Crippen molar-refractivity contribution in [2.75, 3.05) is 19.7 Å². The zero-order chi connectivity index (χ0) is 8.67. The lowest BCUT2D eigenvalue weighted by Gasteiger charge is -2.43. The summed E-state index contributed by atoms with van der Waals surface area (Å²) in [6, 6.07) is 0.946. The quantitative estimate of drug-likeness (QED) is 0.610. The molecule has 0 spiro atoms. The highest BCUT2D eigenvalue weighted by Crippen LogP contribution is 2.33. The van der Waals surface area contributed by atoms with Crippen LogP contribution in [0.5, 0.6) is 0 Å². The van der Waals surface area contributed by atoms with Crippen molar-refractivity contribution in [2.45, 2.75) is 44.2 Å². The van der Waals surface area contributed by atoms with E-state index in [2.05, 4.69) is 4.90 Å². The van der Waals surface area contributed by atoms with Gasteiger partial charge in [0, 0.05) is 31.7 Å². The van der Waals surface area contributed by atoms with Gasteiger partial charge in [-0.25, -0.2) is 0 Å². The Bertz CT molecular complexity index is 191. The van der Waals surface area contributed by atoms with Crippen molar-refractivity contribution in [2.24, 2.45) is 5.92 Å². The molecule has 74 valence electrons. The minimum atomic E-state index is 0.622. The lowest BCUT2D eigenvalue weighted by molar-refractivity contribution is 0.00585. The summed E-state index contributed by atoms with van der Waals surface area (Å²) in [6.07, 6.45) is 7.61. The predicted octanol–water partition coefficient (Wildman–Crippen LogP) is 1.65. The van der Waals surface area contributed by atoms with Crippen molar-refractivity contribution in [3.05, 3.63) is 0 Å². The fraction of sp³-hybridized carbons (Fsp3) is 1.00. The Morgan fingerprint density at radius 1 is 1.08 bits per heavy atom. The largest absolute Gasteiger partial charge is 0.378 e. The number of fused-ring (bicyclic) bond motifs is 1. The third-order valence-corrected chi connectivity index (χ3v) is 4.11. The van der Waals surface area contributed by atoms with Crippen LogP contribution in [0.2, 0.25) is 0 Å². The topological polar surface area (TPSA) is 12.5 Å². The Hall–Kier alpha value is -0.0800. The van der Waals surface area contributed by atoms with Crippen LogP contribution in [0.4, 0.5) is 0 Å². The SMILES string of the molecule is C1CC(N2CC[C@@H]3OCC[C@H]3C2)C1. The molecule has 2 heteroatoms. The minimum Gasteiger partial charge on any atom is -0.378 e. The molecule has 3 aliphatic rings. The molecule has 0 bridgehead atoms. The van der Waals surface area contributed by atoms with Crippen LogP contribution in [0.25, 0.3) is 0 Å². The molecular weight excluding hydrogens is 162 g/mol. The van der Waals surface area contributed by atoms with E-state index in [-0.39, 0.29) is 0 Å². The second-order valence-corrected chi connectivity index (χ2v) is 4.83. The minimum absolute atomic E-state index is 0.622. The van der Waals surface area contributed by atoms with Crippen molar-refractivity contribution >= 4 is 0 Å². The molecule has 0 N–H and O–H groups in total. The lowest BCUT2D eigenvalue weighted by atomic mass is 9.86. The van der Waals surface area contributed by atoms with Crippen LogP contribution < -0.4 is 0 Å². The van der Waals surface area contributed by atoms with Crippen molar-refractivity contribution in [1.29, 1.82) is 0 Å². The monoisotopic (exact) mass is 181 g/mol. The van der Waals surface area contributed by atoms with Gasteiger partial charge in [-0.2, -0.15) is 0 Å². The highest BCUT2D eigenvalue weighted by atomic mass is 16.5. The fourth-order valence-corrected chi connectivity index (χ4v) is 2.99. The van der Waals surface area contributed by atoms with E-state index in [0.29, 0.717) is 6.10 Å². The Kier molecular flexibility index (Phi) is 2.06. The molecule has 0 unspecified atom stereocenters. The zero-order valence-corrected chi connectivity index (χ0v) is 8.24. The van der Waals surface area contributed by atoms with E-state index in [0.717, 1.165) is 18.6 Å². The average Bonchev–Trinajstić information content (AvgIpc) is 2.47. The van der Waals surface area contributed by atoms with Gasteiger partial charge in [0.2, 0.25) is 0 Å². The molecule has 3 rings (SSSR count). The summed E-state index contributed by atoms with van der Waals surface area (Å²) in [5, 5.41) is 0. The highest BCUT2D eigenvalue weighted by molar-refractivity contribution is 4.89. The van der Waals surface area contributed by atoms with E-state index < -0.39 is 0 Å². The van der Waals surface area contributed by atoms with Crippen LogP contribution >= 0.6 is 0 Å². The average molecular weight is 181 g/mol.